The zero-order valence-corrected chi connectivity index (χ0v) is 15.3. The molecule has 0 amide bonds. The first-order valence-corrected chi connectivity index (χ1v) is 8.77. The molecule has 3 atom stereocenters. The highest BCUT2D eigenvalue weighted by Crippen LogP contribution is 2.24. The standard InChI is InChI=1S/C21H22O6/c1-13-3-7-15(8-4-13)20(23)25-12-18-17(11-19(22)26-18)27-21(24)16-9-5-14(2)6-10-16/h3-10,17-19,22H,11-12H2,1-2H3/t17-,18-,19+/m1/s1. The maximum Gasteiger partial charge on any atom is 0.338 e. The number of ether oxygens (including phenoxy) is 3. The van der Waals surface area contributed by atoms with Crippen molar-refractivity contribution >= 4 is 11.9 Å². The van der Waals surface area contributed by atoms with Gasteiger partial charge in [-0.15, -0.1) is 0 Å². The van der Waals surface area contributed by atoms with Crippen molar-refractivity contribution in [1.29, 1.82) is 0 Å². The van der Waals surface area contributed by atoms with E-state index >= 15 is 0 Å². The summed E-state index contributed by atoms with van der Waals surface area (Å²) in [5.74, 6) is -1.00. The molecule has 0 aromatic heterocycles. The molecule has 1 aliphatic heterocycles. The maximum absolute atomic E-state index is 12.3. The Hall–Kier alpha value is -2.70. The van der Waals surface area contributed by atoms with Gasteiger partial charge in [0.05, 0.1) is 11.1 Å². The molecule has 0 bridgehead atoms. The van der Waals surface area contributed by atoms with Crippen LogP contribution in [0.25, 0.3) is 0 Å². The normalized spacial score (nSPS) is 21.7. The number of benzene rings is 2. The molecule has 2 aromatic rings. The summed E-state index contributed by atoms with van der Waals surface area (Å²) in [5.41, 5.74) is 2.91. The number of hydrogen-bond acceptors (Lipinski definition) is 6. The highest BCUT2D eigenvalue weighted by Gasteiger charge is 2.38. The van der Waals surface area contributed by atoms with Gasteiger partial charge in [0.25, 0.3) is 0 Å². The van der Waals surface area contributed by atoms with Crippen molar-refractivity contribution in [2.75, 3.05) is 6.61 Å². The van der Waals surface area contributed by atoms with Gasteiger partial charge in [0.15, 0.2) is 6.29 Å². The zero-order valence-electron chi connectivity index (χ0n) is 15.3. The second-order valence-corrected chi connectivity index (χ2v) is 6.64. The Kier molecular flexibility index (Phi) is 5.88. The minimum atomic E-state index is -1.07. The van der Waals surface area contributed by atoms with Crippen molar-refractivity contribution in [1.82, 2.24) is 0 Å². The van der Waals surface area contributed by atoms with Crippen LogP contribution in [0.2, 0.25) is 0 Å². The highest BCUT2D eigenvalue weighted by molar-refractivity contribution is 5.90. The lowest BCUT2D eigenvalue weighted by atomic mass is 10.1. The molecule has 1 heterocycles. The van der Waals surface area contributed by atoms with Crippen LogP contribution in [0.1, 0.15) is 38.3 Å². The van der Waals surface area contributed by atoms with E-state index in [1.807, 2.05) is 38.1 Å². The average Bonchev–Trinajstić information content (AvgIpc) is 3.00. The Morgan fingerprint density at radius 1 is 0.963 bits per heavy atom. The van der Waals surface area contributed by atoms with Crippen LogP contribution in [-0.2, 0) is 14.2 Å². The molecule has 6 nitrogen and oxygen atoms in total. The number of aliphatic hydroxyl groups excluding tert-OH is 1. The molecular weight excluding hydrogens is 348 g/mol. The molecule has 1 fully saturated rings. The van der Waals surface area contributed by atoms with Gasteiger partial charge >= 0.3 is 11.9 Å². The predicted molar refractivity (Wildman–Crippen MR) is 97.3 cm³/mol. The topological polar surface area (TPSA) is 82.1 Å². The third kappa shape index (κ3) is 4.93. The van der Waals surface area contributed by atoms with Crippen molar-refractivity contribution < 1.29 is 28.9 Å². The van der Waals surface area contributed by atoms with Crippen molar-refractivity contribution in [2.45, 2.75) is 38.8 Å². The smallest absolute Gasteiger partial charge is 0.338 e. The monoisotopic (exact) mass is 370 g/mol. The Bertz CT molecular complexity index is 796. The molecule has 1 saturated heterocycles. The van der Waals surface area contributed by atoms with Crippen LogP contribution in [0.3, 0.4) is 0 Å². The third-order valence-corrected chi connectivity index (χ3v) is 4.39. The van der Waals surface area contributed by atoms with Crippen LogP contribution in [0.5, 0.6) is 0 Å². The summed E-state index contributed by atoms with van der Waals surface area (Å²) in [6, 6.07) is 14.0. The molecule has 0 radical (unpaired) electrons. The van der Waals surface area contributed by atoms with Gasteiger partial charge < -0.3 is 19.3 Å². The van der Waals surface area contributed by atoms with Crippen LogP contribution in [0.15, 0.2) is 48.5 Å². The highest BCUT2D eigenvalue weighted by atomic mass is 16.7. The molecule has 2 aromatic carbocycles. The summed E-state index contributed by atoms with van der Waals surface area (Å²) in [6.45, 7) is 3.74. The van der Waals surface area contributed by atoms with E-state index in [9.17, 15) is 14.7 Å². The Labute approximate surface area is 157 Å². The van der Waals surface area contributed by atoms with Crippen LogP contribution < -0.4 is 0 Å². The molecule has 27 heavy (non-hydrogen) atoms. The minimum absolute atomic E-state index is 0.115. The second kappa shape index (κ2) is 8.33. The lowest BCUT2D eigenvalue weighted by molar-refractivity contribution is -0.110. The summed E-state index contributed by atoms with van der Waals surface area (Å²) >= 11 is 0. The van der Waals surface area contributed by atoms with Crippen molar-refractivity contribution in [2.24, 2.45) is 0 Å². The molecule has 0 unspecified atom stereocenters. The number of rotatable bonds is 5. The number of hydrogen-bond donors (Lipinski definition) is 1. The van der Waals surface area contributed by atoms with E-state index in [2.05, 4.69) is 0 Å². The van der Waals surface area contributed by atoms with E-state index in [0.29, 0.717) is 11.1 Å². The average molecular weight is 370 g/mol. The Balaban J connectivity index is 1.58. The molecule has 142 valence electrons. The lowest BCUT2D eigenvalue weighted by Crippen LogP contribution is -2.32. The number of aliphatic hydroxyl groups is 1. The third-order valence-electron chi connectivity index (χ3n) is 4.39. The van der Waals surface area contributed by atoms with E-state index in [4.69, 9.17) is 14.2 Å². The van der Waals surface area contributed by atoms with Gasteiger partial charge in [-0.1, -0.05) is 35.4 Å². The summed E-state index contributed by atoms with van der Waals surface area (Å²) in [7, 11) is 0. The first-order chi connectivity index (χ1) is 12.9. The largest absolute Gasteiger partial charge is 0.459 e. The fourth-order valence-corrected chi connectivity index (χ4v) is 2.79. The van der Waals surface area contributed by atoms with Gasteiger partial charge in [0.2, 0.25) is 0 Å². The van der Waals surface area contributed by atoms with E-state index in [0.717, 1.165) is 11.1 Å². The predicted octanol–water partition coefficient (Wildman–Crippen LogP) is 2.79. The van der Waals surface area contributed by atoms with Gasteiger partial charge in [-0.25, -0.2) is 9.59 Å². The summed E-state index contributed by atoms with van der Waals surface area (Å²) in [5, 5.41) is 9.75. The van der Waals surface area contributed by atoms with Crippen LogP contribution >= 0.6 is 0 Å². The molecule has 1 N–H and O–H groups in total. The molecule has 6 heteroatoms. The van der Waals surface area contributed by atoms with Gasteiger partial charge in [0.1, 0.15) is 18.8 Å². The van der Waals surface area contributed by atoms with E-state index < -0.39 is 30.4 Å². The van der Waals surface area contributed by atoms with E-state index in [1.54, 1.807) is 24.3 Å². The summed E-state index contributed by atoms with van der Waals surface area (Å²) < 4.78 is 16.1. The molecule has 1 aliphatic rings. The maximum atomic E-state index is 12.3. The fraction of sp³-hybridized carbons (Fsp3) is 0.333. The molecule has 3 rings (SSSR count). The van der Waals surface area contributed by atoms with Crippen LogP contribution in [0.4, 0.5) is 0 Å². The summed E-state index contributed by atoms with van der Waals surface area (Å²) in [4.78, 5) is 24.4. The van der Waals surface area contributed by atoms with E-state index in [-0.39, 0.29) is 13.0 Å². The van der Waals surface area contributed by atoms with Gasteiger partial charge in [-0.2, -0.15) is 0 Å². The molecule has 0 spiro atoms. The number of carbonyl (C=O) groups is 2. The Morgan fingerprint density at radius 2 is 1.48 bits per heavy atom. The zero-order chi connectivity index (χ0) is 19.4. The van der Waals surface area contributed by atoms with Crippen molar-refractivity contribution in [3.8, 4) is 0 Å². The molecule has 0 saturated carbocycles. The van der Waals surface area contributed by atoms with E-state index in [1.165, 1.54) is 0 Å². The lowest BCUT2D eigenvalue weighted by Gasteiger charge is -2.18. The number of esters is 2. The Morgan fingerprint density at radius 3 is 2.04 bits per heavy atom. The minimum Gasteiger partial charge on any atom is -0.459 e. The fourth-order valence-electron chi connectivity index (χ4n) is 2.79. The van der Waals surface area contributed by atoms with Gasteiger partial charge in [-0.05, 0) is 38.1 Å². The number of aryl methyl sites for hydroxylation is 2. The summed E-state index contributed by atoms with van der Waals surface area (Å²) in [6.07, 6.45) is -2.35. The van der Waals surface area contributed by atoms with Crippen molar-refractivity contribution in [3.63, 3.8) is 0 Å². The first-order valence-electron chi connectivity index (χ1n) is 8.77. The van der Waals surface area contributed by atoms with Gasteiger partial charge in [-0.3, -0.25) is 0 Å². The first kappa shape index (κ1) is 19.1. The SMILES string of the molecule is Cc1ccc(C(=O)OC[C@H]2O[C@H](O)C[C@H]2OC(=O)c2ccc(C)cc2)cc1. The van der Waals surface area contributed by atoms with Crippen LogP contribution in [0, 0.1) is 13.8 Å². The number of carbonyl (C=O) groups excluding carboxylic acids is 2. The quantitative estimate of drug-likeness (QED) is 0.815. The molecular formula is C21H22O6. The second-order valence-electron chi connectivity index (χ2n) is 6.64. The van der Waals surface area contributed by atoms with Crippen LogP contribution in [-0.4, -0.2) is 42.1 Å². The van der Waals surface area contributed by atoms with Gasteiger partial charge in [0, 0.05) is 6.42 Å². The van der Waals surface area contributed by atoms with Crippen molar-refractivity contribution in [3.05, 3.63) is 70.8 Å². The molecule has 0 aliphatic carbocycles.